The van der Waals surface area contributed by atoms with Crippen LogP contribution < -0.4 is 9.47 Å². The van der Waals surface area contributed by atoms with Crippen molar-refractivity contribution in [2.45, 2.75) is 6.92 Å². The molecule has 1 aliphatic heterocycles. The lowest BCUT2D eigenvalue weighted by molar-refractivity contribution is 0.0600. The van der Waals surface area contributed by atoms with Crippen LogP contribution in [0.3, 0.4) is 0 Å². The molecule has 122 valence electrons. The van der Waals surface area contributed by atoms with Crippen LogP contribution in [0.4, 0.5) is 0 Å². The lowest BCUT2D eigenvalue weighted by atomic mass is 10.1. The van der Waals surface area contributed by atoms with Gasteiger partial charge in [0.05, 0.1) is 24.8 Å². The van der Waals surface area contributed by atoms with Gasteiger partial charge in [0.1, 0.15) is 11.5 Å². The van der Waals surface area contributed by atoms with Crippen molar-refractivity contribution >= 4 is 17.8 Å². The molecule has 0 fully saturated rings. The van der Waals surface area contributed by atoms with Crippen molar-refractivity contribution in [3.8, 4) is 11.5 Å². The quantitative estimate of drug-likeness (QED) is 0.636. The number of esters is 1. The standard InChI is InChI=1S/C19H16O5/c1-3-23-15-7-5-4-6-12(15)11-17-18(20)14-10-13(19(21)22-2)8-9-16(14)24-17/h4-11H,3H2,1-2H3/b17-11-. The van der Waals surface area contributed by atoms with Crippen LogP contribution in [0.1, 0.15) is 33.2 Å². The Morgan fingerprint density at radius 3 is 2.75 bits per heavy atom. The van der Waals surface area contributed by atoms with E-state index >= 15 is 0 Å². The summed E-state index contributed by atoms with van der Waals surface area (Å²) in [5.74, 6) is 0.522. The van der Waals surface area contributed by atoms with Crippen LogP contribution in [0.25, 0.3) is 6.08 Å². The summed E-state index contributed by atoms with van der Waals surface area (Å²) in [7, 11) is 1.30. The first kappa shape index (κ1) is 15.8. The molecular formula is C19H16O5. The van der Waals surface area contributed by atoms with Gasteiger partial charge in [-0.25, -0.2) is 4.79 Å². The van der Waals surface area contributed by atoms with Gasteiger partial charge >= 0.3 is 5.97 Å². The average molecular weight is 324 g/mol. The number of fused-ring (bicyclic) bond motifs is 1. The smallest absolute Gasteiger partial charge is 0.337 e. The zero-order valence-corrected chi connectivity index (χ0v) is 13.4. The maximum absolute atomic E-state index is 12.5. The SMILES string of the molecule is CCOc1ccccc1/C=C1\Oc2ccc(C(=O)OC)cc2C1=O. The Morgan fingerprint density at radius 1 is 1.21 bits per heavy atom. The second-order valence-corrected chi connectivity index (χ2v) is 5.11. The molecule has 24 heavy (non-hydrogen) atoms. The molecule has 0 radical (unpaired) electrons. The van der Waals surface area contributed by atoms with E-state index in [1.807, 2.05) is 31.2 Å². The fourth-order valence-corrected chi connectivity index (χ4v) is 2.46. The van der Waals surface area contributed by atoms with E-state index < -0.39 is 5.97 Å². The monoisotopic (exact) mass is 324 g/mol. The van der Waals surface area contributed by atoms with Crippen LogP contribution in [-0.2, 0) is 4.74 Å². The largest absolute Gasteiger partial charge is 0.493 e. The van der Waals surface area contributed by atoms with Crippen molar-refractivity contribution in [3.63, 3.8) is 0 Å². The van der Waals surface area contributed by atoms with Gasteiger partial charge in [-0.3, -0.25) is 4.79 Å². The summed E-state index contributed by atoms with van der Waals surface area (Å²) >= 11 is 0. The third kappa shape index (κ3) is 2.88. The van der Waals surface area contributed by atoms with Crippen LogP contribution in [0, 0.1) is 0 Å². The number of carbonyl (C=O) groups excluding carboxylic acids is 2. The minimum absolute atomic E-state index is 0.194. The Labute approximate surface area is 139 Å². The Balaban J connectivity index is 1.95. The van der Waals surface area contributed by atoms with Gasteiger partial charge < -0.3 is 14.2 Å². The number of hydrogen-bond donors (Lipinski definition) is 0. The van der Waals surface area contributed by atoms with E-state index in [-0.39, 0.29) is 11.5 Å². The average Bonchev–Trinajstić information content (AvgIpc) is 2.91. The highest BCUT2D eigenvalue weighted by Crippen LogP contribution is 2.33. The molecule has 2 aromatic carbocycles. The van der Waals surface area contributed by atoms with Crippen LogP contribution >= 0.6 is 0 Å². The van der Waals surface area contributed by atoms with Crippen LogP contribution in [-0.4, -0.2) is 25.5 Å². The number of allylic oxidation sites excluding steroid dienone is 1. The number of rotatable bonds is 4. The van der Waals surface area contributed by atoms with E-state index in [4.69, 9.17) is 9.47 Å². The minimum Gasteiger partial charge on any atom is -0.493 e. The molecule has 5 nitrogen and oxygen atoms in total. The van der Waals surface area contributed by atoms with Gasteiger partial charge in [0, 0.05) is 5.56 Å². The molecule has 1 aliphatic rings. The molecule has 1 heterocycles. The second-order valence-electron chi connectivity index (χ2n) is 5.11. The van der Waals surface area contributed by atoms with Crippen molar-refractivity contribution in [1.82, 2.24) is 0 Å². The summed E-state index contributed by atoms with van der Waals surface area (Å²) in [4.78, 5) is 24.2. The summed E-state index contributed by atoms with van der Waals surface area (Å²) in [5.41, 5.74) is 1.41. The van der Waals surface area contributed by atoms with Gasteiger partial charge in [0.25, 0.3) is 0 Å². The van der Waals surface area contributed by atoms with Gasteiger partial charge in [-0.1, -0.05) is 18.2 Å². The number of ketones is 1. The number of ether oxygens (including phenoxy) is 3. The van der Waals surface area contributed by atoms with Gasteiger partial charge in [-0.15, -0.1) is 0 Å². The molecule has 0 unspecified atom stereocenters. The lowest BCUT2D eigenvalue weighted by Crippen LogP contribution is -2.03. The van der Waals surface area contributed by atoms with E-state index in [1.165, 1.54) is 13.2 Å². The van der Waals surface area contributed by atoms with Gasteiger partial charge in [-0.05, 0) is 37.3 Å². The van der Waals surface area contributed by atoms with Crippen molar-refractivity contribution in [2.75, 3.05) is 13.7 Å². The summed E-state index contributed by atoms with van der Waals surface area (Å²) in [6.45, 7) is 2.42. The molecular weight excluding hydrogens is 308 g/mol. The molecule has 0 saturated carbocycles. The number of Topliss-reactive ketones (excluding diaryl/α,β-unsaturated/α-hetero) is 1. The van der Waals surface area contributed by atoms with E-state index in [0.717, 1.165) is 5.56 Å². The summed E-state index contributed by atoms with van der Waals surface area (Å²) in [6, 6.07) is 12.0. The maximum atomic E-state index is 12.5. The molecule has 0 aliphatic carbocycles. The van der Waals surface area contributed by atoms with E-state index in [1.54, 1.807) is 18.2 Å². The fraction of sp³-hybridized carbons (Fsp3) is 0.158. The van der Waals surface area contributed by atoms with E-state index in [9.17, 15) is 9.59 Å². The van der Waals surface area contributed by atoms with Gasteiger partial charge in [0.15, 0.2) is 5.76 Å². The maximum Gasteiger partial charge on any atom is 0.337 e. The topological polar surface area (TPSA) is 61.8 Å². The van der Waals surface area contributed by atoms with E-state index in [2.05, 4.69) is 4.74 Å². The van der Waals surface area contributed by atoms with Gasteiger partial charge in [-0.2, -0.15) is 0 Å². The molecule has 0 N–H and O–H groups in total. The van der Waals surface area contributed by atoms with Crippen molar-refractivity contribution in [2.24, 2.45) is 0 Å². The Hall–Kier alpha value is -3.08. The highest BCUT2D eigenvalue weighted by atomic mass is 16.5. The zero-order valence-electron chi connectivity index (χ0n) is 13.4. The molecule has 0 bridgehead atoms. The number of carbonyl (C=O) groups is 2. The Kier molecular flexibility index (Phi) is 4.33. The van der Waals surface area contributed by atoms with Crippen LogP contribution in [0.5, 0.6) is 11.5 Å². The molecule has 0 atom stereocenters. The third-order valence-electron chi connectivity index (χ3n) is 3.59. The highest BCUT2D eigenvalue weighted by Gasteiger charge is 2.28. The minimum atomic E-state index is -0.496. The molecule has 0 saturated heterocycles. The lowest BCUT2D eigenvalue weighted by Gasteiger charge is -2.07. The fourth-order valence-electron chi connectivity index (χ4n) is 2.46. The van der Waals surface area contributed by atoms with Crippen molar-refractivity contribution < 1.29 is 23.8 Å². The third-order valence-corrected chi connectivity index (χ3v) is 3.59. The molecule has 0 spiro atoms. The van der Waals surface area contributed by atoms with Gasteiger partial charge in [0.2, 0.25) is 5.78 Å². The summed E-state index contributed by atoms with van der Waals surface area (Å²) in [5, 5.41) is 0. The first-order valence-electron chi connectivity index (χ1n) is 7.52. The van der Waals surface area contributed by atoms with Crippen LogP contribution in [0.15, 0.2) is 48.2 Å². The molecule has 5 heteroatoms. The zero-order chi connectivity index (χ0) is 17.1. The Morgan fingerprint density at radius 2 is 2.00 bits per heavy atom. The normalized spacial score (nSPS) is 14.2. The highest BCUT2D eigenvalue weighted by molar-refractivity contribution is 6.15. The van der Waals surface area contributed by atoms with E-state index in [0.29, 0.717) is 29.2 Å². The van der Waals surface area contributed by atoms with Crippen LogP contribution in [0.2, 0.25) is 0 Å². The second kappa shape index (κ2) is 6.58. The first-order valence-corrected chi connectivity index (χ1v) is 7.52. The Bertz CT molecular complexity index is 835. The molecule has 0 aromatic heterocycles. The molecule has 3 rings (SSSR count). The van der Waals surface area contributed by atoms with Crippen molar-refractivity contribution in [1.29, 1.82) is 0 Å². The number of para-hydroxylation sites is 1. The molecule has 2 aromatic rings. The number of benzene rings is 2. The number of hydrogen-bond acceptors (Lipinski definition) is 5. The summed E-state index contributed by atoms with van der Waals surface area (Å²) < 4.78 is 15.9. The number of methoxy groups -OCH3 is 1. The predicted octanol–water partition coefficient (Wildman–Crippen LogP) is 3.49. The first-order chi connectivity index (χ1) is 11.6. The van der Waals surface area contributed by atoms with Crippen molar-refractivity contribution in [3.05, 3.63) is 64.9 Å². The molecule has 0 amide bonds. The summed E-state index contributed by atoms with van der Waals surface area (Å²) in [6.07, 6.45) is 1.64. The predicted molar refractivity (Wildman–Crippen MR) is 88.3 cm³/mol.